The Morgan fingerprint density at radius 2 is 2.23 bits per heavy atom. The molecule has 1 aromatic heterocycles. The van der Waals surface area contributed by atoms with Crippen LogP contribution in [-0.2, 0) is 6.42 Å². The molecule has 1 unspecified atom stereocenters. The van der Waals surface area contributed by atoms with Crippen LogP contribution in [0.15, 0.2) is 0 Å². The van der Waals surface area contributed by atoms with Crippen molar-refractivity contribution in [1.82, 2.24) is 10.2 Å². The van der Waals surface area contributed by atoms with Crippen molar-refractivity contribution in [3.63, 3.8) is 0 Å². The number of carbonyl (C=O) groups excluding carboxylic acids is 1. The monoisotopic (exact) mass is 178 g/mol. The van der Waals surface area contributed by atoms with Gasteiger partial charge in [0.1, 0.15) is 0 Å². The minimum Gasteiger partial charge on any atom is -0.294 e. The van der Waals surface area contributed by atoms with Gasteiger partial charge in [0.2, 0.25) is 0 Å². The molecule has 0 bridgehead atoms. The van der Waals surface area contributed by atoms with Crippen molar-refractivity contribution in [2.24, 2.45) is 5.92 Å². The van der Waals surface area contributed by atoms with Crippen molar-refractivity contribution in [2.45, 2.75) is 33.1 Å². The third-order valence-electron chi connectivity index (χ3n) is 2.62. The molecule has 0 saturated carbocycles. The summed E-state index contributed by atoms with van der Waals surface area (Å²) in [6.45, 7) is 6.10. The average Bonchev–Trinajstić information content (AvgIpc) is 2.55. The van der Waals surface area contributed by atoms with Crippen LogP contribution in [0.5, 0.6) is 0 Å². The number of nitrogens with one attached hydrogen (secondary N) is 1. The maximum Gasteiger partial charge on any atom is 0.169 e. The zero-order valence-corrected chi connectivity index (χ0v) is 8.22. The number of fused-ring (bicyclic) bond motifs is 1. The predicted molar refractivity (Wildman–Crippen MR) is 49.9 cm³/mol. The van der Waals surface area contributed by atoms with Gasteiger partial charge >= 0.3 is 0 Å². The molecule has 3 heteroatoms. The molecule has 1 aliphatic carbocycles. The molecule has 1 atom stereocenters. The SMILES string of the molecule is CC1Cc2[nH]nc(C(C)C)c2C1=O. The van der Waals surface area contributed by atoms with Crippen molar-refractivity contribution in [1.29, 1.82) is 0 Å². The van der Waals surface area contributed by atoms with Gasteiger partial charge in [0.25, 0.3) is 0 Å². The number of rotatable bonds is 1. The molecule has 2 rings (SSSR count). The van der Waals surface area contributed by atoms with Gasteiger partial charge < -0.3 is 0 Å². The van der Waals surface area contributed by atoms with Gasteiger partial charge in [-0.25, -0.2) is 0 Å². The summed E-state index contributed by atoms with van der Waals surface area (Å²) in [6, 6.07) is 0. The number of Topliss-reactive ketones (excluding diaryl/α,β-unsaturated/α-hetero) is 1. The van der Waals surface area contributed by atoms with E-state index in [9.17, 15) is 4.79 Å². The number of aromatic nitrogens is 2. The maximum absolute atomic E-state index is 11.7. The van der Waals surface area contributed by atoms with Gasteiger partial charge in [0.05, 0.1) is 11.3 Å². The molecule has 70 valence electrons. The number of hydrogen-bond acceptors (Lipinski definition) is 2. The van der Waals surface area contributed by atoms with E-state index in [0.29, 0.717) is 5.92 Å². The molecule has 0 amide bonds. The third kappa shape index (κ3) is 1.10. The lowest BCUT2D eigenvalue weighted by Crippen LogP contribution is -2.07. The van der Waals surface area contributed by atoms with Crippen LogP contribution in [0.4, 0.5) is 0 Å². The molecule has 1 heterocycles. The standard InChI is InChI=1S/C10H14N2O/c1-5(2)9-8-7(11-12-9)4-6(3)10(8)13/h5-6H,4H2,1-3H3,(H,11,12). The lowest BCUT2D eigenvalue weighted by Gasteiger charge is -2.02. The summed E-state index contributed by atoms with van der Waals surface area (Å²) in [6.07, 6.45) is 0.827. The molecule has 0 saturated heterocycles. The number of ketones is 1. The molecule has 0 fully saturated rings. The second-order valence-corrected chi connectivity index (χ2v) is 4.09. The van der Waals surface area contributed by atoms with E-state index in [1.807, 2.05) is 6.92 Å². The van der Waals surface area contributed by atoms with Crippen LogP contribution >= 0.6 is 0 Å². The number of nitrogens with zero attached hydrogens (tertiary/aromatic N) is 1. The minimum atomic E-state index is 0.141. The van der Waals surface area contributed by atoms with E-state index in [2.05, 4.69) is 24.0 Å². The number of hydrogen-bond donors (Lipinski definition) is 1. The van der Waals surface area contributed by atoms with Crippen molar-refractivity contribution < 1.29 is 4.79 Å². The third-order valence-corrected chi connectivity index (χ3v) is 2.62. The fourth-order valence-corrected chi connectivity index (χ4v) is 1.88. The molecule has 1 aliphatic rings. The topological polar surface area (TPSA) is 45.8 Å². The molecule has 0 aromatic carbocycles. The molecule has 1 aromatic rings. The summed E-state index contributed by atoms with van der Waals surface area (Å²) >= 11 is 0. The number of H-pyrrole nitrogens is 1. The Hall–Kier alpha value is -1.12. The molecule has 0 radical (unpaired) electrons. The number of aromatic amines is 1. The fourth-order valence-electron chi connectivity index (χ4n) is 1.88. The molecule has 13 heavy (non-hydrogen) atoms. The number of carbonyl (C=O) groups is 1. The Morgan fingerprint density at radius 3 is 2.85 bits per heavy atom. The van der Waals surface area contributed by atoms with E-state index in [4.69, 9.17) is 0 Å². The highest BCUT2D eigenvalue weighted by molar-refractivity contribution is 6.02. The minimum absolute atomic E-state index is 0.141. The van der Waals surface area contributed by atoms with E-state index in [-0.39, 0.29) is 11.7 Å². The quantitative estimate of drug-likeness (QED) is 0.714. The first kappa shape index (κ1) is 8.48. The molecule has 0 aliphatic heterocycles. The van der Waals surface area contributed by atoms with E-state index in [1.165, 1.54) is 0 Å². The van der Waals surface area contributed by atoms with Crippen LogP contribution in [-0.4, -0.2) is 16.0 Å². The van der Waals surface area contributed by atoms with Gasteiger partial charge in [0, 0.05) is 11.6 Å². The summed E-state index contributed by atoms with van der Waals surface area (Å²) in [5.41, 5.74) is 2.83. The van der Waals surface area contributed by atoms with Crippen LogP contribution in [0.1, 0.15) is 48.4 Å². The molecular weight excluding hydrogens is 164 g/mol. The van der Waals surface area contributed by atoms with Crippen molar-refractivity contribution in [2.75, 3.05) is 0 Å². The first-order chi connectivity index (χ1) is 6.11. The Kier molecular flexibility index (Phi) is 1.75. The van der Waals surface area contributed by atoms with Gasteiger partial charge in [-0.2, -0.15) is 5.10 Å². The maximum atomic E-state index is 11.7. The first-order valence-corrected chi connectivity index (χ1v) is 4.72. The summed E-state index contributed by atoms with van der Waals surface area (Å²) < 4.78 is 0. The summed E-state index contributed by atoms with van der Waals surface area (Å²) in [7, 11) is 0. The molecule has 3 nitrogen and oxygen atoms in total. The van der Waals surface area contributed by atoms with Gasteiger partial charge in [-0.3, -0.25) is 9.89 Å². The normalized spacial score (nSPS) is 21.2. The average molecular weight is 178 g/mol. The molecule has 0 spiro atoms. The second-order valence-electron chi connectivity index (χ2n) is 4.09. The van der Waals surface area contributed by atoms with Gasteiger partial charge in [-0.1, -0.05) is 20.8 Å². The zero-order chi connectivity index (χ0) is 9.59. The van der Waals surface area contributed by atoms with E-state index >= 15 is 0 Å². The van der Waals surface area contributed by atoms with Crippen LogP contribution in [0.25, 0.3) is 0 Å². The second kappa shape index (κ2) is 2.69. The van der Waals surface area contributed by atoms with Crippen LogP contribution in [0.2, 0.25) is 0 Å². The first-order valence-electron chi connectivity index (χ1n) is 4.72. The van der Waals surface area contributed by atoms with Gasteiger partial charge in [-0.05, 0) is 12.3 Å². The Morgan fingerprint density at radius 1 is 1.54 bits per heavy atom. The van der Waals surface area contributed by atoms with Crippen molar-refractivity contribution in [3.8, 4) is 0 Å². The predicted octanol–water partition coefficient (Wildman–Crippen LogP) is 1.91. The summed E-state index contributed by atoms with van der Waals surface area (Å²) in [4.78, 5) is 11.7. The highest BCUT2D eigenvalue weighted by Crippen LogP contribution is 2.30. The lowest BCUT2D eigenvalue weighted by atomic mass is 10.0. The fraction of sp³-hybridized carbons (Fsp3) is 0.600. The van der Waals surface area contributed by atoms with Crippen molar-refractivity contribution >= 4 is 5.78 Å². The smallest absolute Gasteiger partial charge is 0.169 e. The van der Waals surface area contributed by atoms with Gasteiger partial charge in [-0.15, -0.1) is 0 Å². The van der Waals surface area contributed by atoms with Crippen molar-refractivity contribution in [3.05, 3.63) is 17.0 Å². The lowest BCUT2D eigenvalue weighted by molar-refractivity contribution is 0.0944. The summed E-state index contributed by atoms with van der Waals surface area (Å²) in [5, 5.41) is 7.13. The molecular formula is C10H14N2O. The van der Waals surface area contributed by atoms with Crippen LogP contribution < -0.4 is 0 Å². The molecule has 1 N–H and O–H groups in total. The Bertz CT molecular complexity index is 352. The Balaban J connectivity index is 2.50. The highest BCUT2D eigenvalue weighted by atomic mass is 16.1. The van der Waals surface area contributed by atoms with E-state index in [1.54, 1.807) is 0 Å². The largest absolute Gasteiger partial charge is 0.294 e. The van der Waals surface area contributed by atoms with E-state index < -0.39 is 0 Å². The van der Waals surface area contributed by atoms with Crippen LogP contribution in [0.3, 0.4) is 0 Å². The van der Waals surface area contributed by atoms with Gasteiger partial charge in [0.15, 0.2) is 5.78 Å². The van der Waals surface area contributed by atoms with E-state index in [0.717, 1.165) is 23.4 Å². The zero-order valence-electron chi connectivity index (χ0n) is 8.22. The summed E-state index contributed by atoms with van der Waals surface area (Å²) in [5.74, 6) is 0.725. The van der Waals surface area contributed by atoms with Crippen LogP contribution in [0, 0.1) is 5.92 Å². The highest BCUT2D eigenvalue weighted by Gasteiger charge is 2.32. The Labute approximate surface area is 77.5 Å².